The molecule has 0 aliphatic carbocycles. The molecule has 116 valence electrons. The van der Waals surface area contributed by atoms with Gasteiger partial charge in [0.15, 0.2) is 5.82 Å². The standard InChI is InChI=1S/C14H14F2N4O2/c15-8-4-9-11(10(16)5-8)18-14(20-13(9)22)19-12(21)7-2-1-3-17-6-7/h4-5,7,17H,1-3,6H2,(H2,18,19,20,21,22). The third kappa shape index (κ3) is 2.82. The largest absolute Gasteiger partial charge is 0.316 e. The lowest BCUT2D eigenvalue weighted by Gasteiger charge is -2.21. The Morgan fingerprint density at radius 1 is 1.36 bits per heavy atom. The van der Waals surface area contributed by atoms with Crippen LogP contribution in [0.1, 0.15) is 12.8 Å². The van der Waals surface area contributed by atoms with Crippen LogP contribution in [0, 0.1) is 17.6 Å². The number of hydrogen-bond donors (Lipinski definition) is 3. The van der Waals surface area contributed by atoms with Crippen LogP contribution in [0.5, 0.6) is 0 Å². The number of carbonyl (C=O) groups is 1. The lowest BCUT2D eigenvalue weighted by molar-refractivity contribution is -0.120. The Kier molecular flexibility index (Phi) is 3.84. The molecule has 8 heteroatoms. The summed E-state index contributed by atoms with van der Waals surface area (Å²) in [7, 11) is 0. The van der Waals surface area contributed by atoms with Crippen LogP contribution in [0.4, 0.5) is 14.7 Å². The second-order valence-electron chi connectivity index (χ2n) is 5.23. The van der Waals surface area contributed by atoms with Crippen molar-refractivity contribution in [3.63, 3.8) is 0 Å². The van der Waals surface area contributed by atoms with Crippen molar-refractivity contribution in [1.82, 2.24) is 15.3 Å². The van der Waals surface area contributed by atoms with Gasteiger partial charge in [-0.05, 0) is 25.5 Å². The van der Waals surface area contributed by atoms with Crippen molar-refractivity contribution >= 4 is 22.8 Å². The molecule has 6 nitrogen and oxygen atoms in total. The number of nitrogens with zero attached hydrogens (tertiary/aromatic N) is 1. The Morgan fingerprint density at radius 3 is 2.91 bits per heavy atom. The second-order valence-corrected chi connectivity index (χ2v) is 5.23. The van der Waals surface area contributed by atoms with E-state index in [2.05, 4.69) is 20.6 Å². The number of fused-ring (bicyclic) bond motifs is 1. The molecule has 1 aromatic heterocycles. The Hall–Kier alpha value is -2.35. The number of anilines is 1. The van der Waals surface area contributed by atoms with Gasteiger partial charge in [-0.1, -0.05) is 0 Å². The highest BCUT2D eigenvalue weighted by Crippen LogP contribution is 2.16. The number of benzene rings is 1. The summed E-state index contributed by atoms with van der Waals surface area (Å²) in [5, 5.41) is 5.38. The fourth-order valence-corrected chi connectivity index (χ4v) is 2.52. The minimum atomic E-state index is -0.948. The van der Waals surface area contributed by atoms with E-state index in [-0.39, 0.29) is 28.7 Å². The van der Waals surface area contributed by atoms with Crippen LogP contribution in [-0.4, -0.2) is 29.0 Å². The monoisotopic (exact) mass is 308 g/mol. The summed E-state index contributed by atoms with van der Waals surface area (Å²) in [6, 6.07) is 1.55. The summed E-state index contributed by atoms with van der Waals surface area (Å²) in [4.78, 5) is 30.1. The van der Waals surface area contributed by atoms with Crippen LogP contribution in [0.15, 0.2) is 16.9 Å². The maximum Gasteiger partial charge on any atom is 0.260 e. The summed E-state index contributed by atoms with van der Waals surface area (Å²) in [5.41, 5.74) is -0.984. The van der Waals surface area contributed by atoms with Gasteiger partial charge in [0.1, 0.15) is 11.3 Å². The third-order valence-electron chi connectivity index (χ3n) is 3.64. The predicted molar refractivity (Wildman–Crippen MR) is 76.5 cm³/mol. The van der Waals surface area contributed by atoms with E-state index < -0.39 is 17.2 Å². The lowest BCUT2D eigenvalue weighted by atomic mass is 9.99. The molecule has 0 saturated carbocycles. The number of piperidine rings is 1. The smallest absolute Gasteiger partial charge is 0.260 e. The molecule has 1 aliphatic rings. The summed E-state index contributed by atoms with van der Waals surface area (Å²) >= 11 is 0. The van der Waals surface area contributed by atoms with E-state index >= 15 is 0 Å². The maximum absolute atomic E-state index is 13.7. The van der Waals surface area contributed by atoms with E-state index in [4.69, 9.17) is 0 Å². The van der Waals surface area contributed by atoms with Crippen molar-refractivity contribution in [2.75, 3.05) is 18.4 Å². The minimum Gasteiger partial charge on any atom is -0.316 e. The highest BCUT2D eigenvalue weighted by molar-refractivity contribution is 5.92. The molecule has 1 atom stereocenters. The average Bonchev–Trinajstić information content (AvgIpc) is 2.49. The number of aromatic nitrogens is 2. The molecule has 0 spiro atoms. The van der Waals surface area contributed by atoms with Crippen molar-refractivity contribution in [1.29, 1.82) is 0 Å². The van der Waals surface area contributed by atoms with Gasteiger partial charge in [0.2, 0.25) is 11.9 Å². The van der Waals surface area contributed by atoms with Crippen LogP contribution < -0.4 is 16.2 Å². The minimum absolute atomic E-state index is 0.140. The van der Waals surface area contributed by atoms with Gasteiger partial charge in [-0.3, -0.25) is 19.9 Å². The van der Waals surface area contributed by atoms with Gasteiger partial charge in [-0.15, -0.1) is 0 Å². The van der Waals surface area contributed by atoms with Gasteiger partial charge in [0.25, 0.3) is 5.56 Å². The predicted octanol–water partition coefficient (Wildman–Crippen LogP) is 1.14. The van der Waals surface area contributed by atoms with Gasteiger partial charge < -0.3 is 5.32 Å². The molecule has 1 saturated heterocycles. The summed E-state index contributed by atoms with van der Waals surface area (Å²) in [5.74, 6) is -2.47. The Morgan fingerprint density at radius 2 is 2.18 bits per heavy atom. The number of aromatic amines is 1. The van der Waals surface area contributed by atoms with E-state index in [1.165, 1.54) is 0 Å². The average molecular weight is 308 g/mol. The molecule has 1 unspecified atom stereocenters. The Balaban J connectivity index is 1.91. The quantitative estimate of drug-likeness (QED) is 0.776. The number of amides is 1. The molecule has 0 radical (unpaired) electrons. The van der Waals surface area contributed by atoms with Crippen molar-refractivity contribution in [3.05, 3.63) is 34.1 Å². The van der Waals surface area contributed by atoms with E-state index in [9.17, 15) is 18.4 Å². The van der Waals surface area contributed by atoms with Crippen LogP contribution >= 0.6 is 0 Å². The van der Waals surface area contributed by atoms with Gasteiger partial charge in [-0.25, -0.2) is 13.8 Å². The van der Waals surface area contributed by atoms with Crippen molar-refractivity contribution < 1.29 is 13.6 Å². The molecule has 22 heavy (non-hydrogen) atoms. The van der Waals surface area contributed by atoms with Crippen LogP contribution in [0.3, 0.4) is 0 Å². The molecule has 3 N–H and O–H groups in total. The summed E-state index contributed by atoms with van der Waals surface area (Å²) < 4.78 is 26.9. The molecule has 1 aliphatic heterocycles. The number of rotatable bonds is 2. The van der Waals surface area contributed by atoms with E-state index in [1.54, 1.807) is 0 Å². The highest BCUT2D eigenvalue weighted by Gasteiger charge is 2.22. The first-order chi connectivity index (χ1) is 10.5. The number of carbonyl (C=O) groups excluding carboxylic acids is 1. The number of hydrogen-bond acceptors (Lipinski definition) is 4. The molecular weight excluding hydrogens is 294 g/mol. The molecule has 1 aromatic carbocycles. The van der Waals surface area contributed by atoms with Crippen LogP contribution in [-0.2, 0) is 4.79 Å². The molecule has 2 heterocycles. The fourth-order valence-electron chi connectivity index (χ4n) is 2.52. The first-order valence-electron chi connectivity index (χ1n) is 6.95. The zero-order valence-electron chi connectivity index (χ0n) is 11.6. The zero-order chi connectivity index (χ0) is 15.7. The normalized spacial score (nSPS) is 18.4. The van der Waals surface area contributed by atoms with Gasteiger partial charge in [0.05, 0.1) is 11.3 Å². The molecule has 2 aromatic rings. The number of halogens is 2. The van der Waals surface area contributed by atoms with Crippen molar-refractivity contribution in [3.8, 4) is 0 Å². The first kappa shape index (κ1) is 14.6. The maximum atomic E-state index is 13.7. The molecular formula is C14H14F2N4O2. The Bertz CT molecular complexity index is 784. The van der Waals surface area contributed by atoms with Gasteiger partial charge >= 0.3 is 0 Å². The van der Waals surface area contributed by atoms with Crippen molar-refractivity contribution in [2.24, 2.45) is 5.92 Å². The molecule has 1 fully saturated rings. The topological polar surface area (TPSA) is 86.9 Å². The van der Waals surface area contributed by atoms with Crippen molar-refractivity contribution in [2.45, 2.75) is 12.8 Å². The van der Waals surface area contributed by atoms with E-state index in [0.29, 0.717) is 12.6 Å². The SMILES string of the molecule is O=C(Nc1nc2c(F)cc(F)cc2c(=O)[nH]1)C1CCCNC1. The second kappa shape index (κ2) is 5.80. The highest BCUT2D eigenvalue weighted by atomic mass is 19.1. The van der Waals surface area contributed by atoms with Crippen LogP contribution in [0.2, 0.25) is 0 Å². The zero-order valence-corrected chi connectivity index (χ0v) is 11.6. The lowest BCUT2D eigenvalue weighted by Crippen LogP contribution is -2.37. The van der Waals surface area contributed by atoms with E-state index in [0.717, 1.165) is 25.5 Å². The fraction of sp³-hybridized carbons (Fsp3) is 0.357. The summed E-state index contributed by atoms with van der Waals surface area (Å²) in [6.45, 7) is 1.41. The third-order valence-corrected chi connectivity index (χ3v) is 3.64. The number of H-pyrrole nitrogens is 1. The Labute approximate surface area is 123 Å². The molecule has 3 rings (SSSR count). The first-order valence-corrected chi connectivity index (χ1v) is 6.95. The van der Waals surface area contributed by atoms with Gasteiger partial charge in [-0.2, -0.15) is 0 Å². The molecule has 0 bridgehead atoms. The number of nitrogens with one attached hydrogen (secondary N) is 3. The molecule has 1 amide bonds. The summed E-state index contributed by atoms with van der Waals surface area (Å²) in [6.07, 6.45) is 1.61. The van der Waals surface area contributed by atoms with Gasteiger partial charge in [0, 0.05) is 12.6 Å². The van der Waals surface area contributed by atoms with Crippen LogP contribution in [0.25, 0.3) is 10.9 Å². The van der Waals surface area contributed by atoms with E-state index in [1.807, 2.05) is 0 Å².